The highest BCUT2D eigenvalue weighted by Crippen LogP contribution is 2.22. The van der Waals surface area contributed by atoms with E-state index in [1.807, 2.05) is 0 Å². The first-order valence-electron chi connectivity index (χ1n) is 5.54. The molecule has 0 fully saturated rings. The quantitative estimate of drug-likeness (QED) is 0.579. The molecule has 1 rings (SSSR count). The number of hydrogen-bond acceptors (Lipinski definition) is 6. The molecule has 114 valence electrons. The molecule has 0 saturated carbocycles. The first-order valence-corrected chi connectivity index (χ1v) is 5.54. The molecule has 0 atom stereocenters. The van der Waals surface area contributed by atoms with Gasteiger partial charge in [0.05, 0.1) is 24.3 Å². The molecule has 0 aliphatic heterocycles. The van der Waals surface area contributed by atoms with Gasteiger partial charge in [0.15, 0.2) is 0 Å². The molecule has 6 nitrogen and oxygen atoms in total. The van der Waals surface area contributed by atoms with E-state index in [0.717, 1.165) is 0 Å². The smallest absolute Gasteiger partial charge is 0.340 e. The van der Waals surface area contributed by atoms with Crippen LogP contribution in [-0.2, 0) is 9.47 Å². The average Bonchev–Trinajstić information content (AvgIpc) is 2.32. The largest absolute Gasteiger partial charge is 0.462 e. The number of hydrogen-bond donors (Lipinski definition) is 2. The molecule has 0 aromatic heterocycles. The first kappa shape index (κ1) is 21.0. The Morgan fingerprint density at radius 1 is 0.900 bits per heavy atom. The van der Waals surface area contributed by atoms with Crippen LogP contribution in [0.1, 0.15) is 34.6 Å². The van der Waals surface area contributed by atoms with Crippen molar-refractivity contribution in [2.24, 2.45) is 0 Å². The van der Waals surface area contributed by atoms with Crippen LogP contribution < -0.4 is 11.5 Å². The third kappa shape index (κ3) is 5.01. The number of rotatable bonds is 4. The maximum Gasteiger partial charge on any atom is 0.340 e. The van der Waals surface area contributed by atoms with Crippen molar-refractivity contribution < 1.29 is 19.1 Å². The zero-order chi connectivity index (χ0) is 13.7. The Hall–Kier alpha value is -1.28. The van der Waals surface area contributed by atoms with E-state index >= 15 is 0 Å². The number of ether oxygens (including phenoxy) is 2. The normalized spacial score (nSPS) is 8.90. The third-order valence-electron chi connectivity index (χ3n) is 2.21. The summed E-state index contributed by atoms with van der Waals surface area (Å²) in [7, 11) is 0. The van der Waals surface area contributed by atoms with Gasteiger partial charge < -0.3 is 20.9 Å². The van der Waals surface area contributed by atoms with Crippen LogP contribution >= 0.6 is 34.0 Å². The highest BCUT2D eigenvalue weighted by Gasteiger charge is 2.18. The maximum absolute atomic E-state index is 11.6. The van der Waals surface area contributed by atoms with Gasteiger partial charge in [0.2, 0.25) is 0 Å². The van der Waals surface area contributed by atoms with Crippen molar-refractivity contribution in [3.63, 3.8) is 0 Å². The Labute approximate surface area is 138 Å². The van der Waals surface area contributed by atoms with Crippen molar-refractivity contribution in [1.82, 2.24) is 0 Å². The van der Waals surface area contributed by atoms with Crippen molar-refractivity contribution in [1.29, 1.82) is 0 Å². The second-order valence-electron chi connectivity index (χ2n) is 3.47. The third-order valence-corrected chi connectivity index (χ3v) is 2.21. The number of nitrogens with two attached hydrogens (primary N) is 2. The van der Waals surface area contributed by atoms with Crippen LogP contribution in [0.5, 0.6) is 0 Å². The van der Waals surface area contributed by atoms with Crippen molar-refractivity contribution in [3.8, 4) is 0 Å². The monoisotopic (exact) mass is 412 g/mol. The number of benzene rings is 1. The second-order valence-corrected chi connectivity index (χ2v) is 3.47. The molecular weight excluding hydrogens is 396 g/mol. The standard InChI is InChI=1S/C12H16N2O4.2BrH/c1-3-17-11(15)7-5-10(14)8(6-9(7)13)12(16)18-4-2;;/h5-6H,3-4,13-14H2,1-2H3;2*1H. The van der Waals surface area contributed by atoms with Gasteiger partial charge >= 0.3 is 11.9 Å². The summed E-state index contributed by atoms with van der Waals surface area (Å²) in [5.41, 5.74) is 11.9. The summed E-state index contributed by atoms with van der Waals surface area (Å²) in [5.74, 6) is -1.14. The van der Waals surface area contributed by atoms with Crippen LogP contribution in [0.3, 0.4) is 0 Å². The van der Waals surface area contributed by atoms with Crippen LogP contribution in [0.15, 0.2) is 12.1 Å². The SMILES string of the molecule is Br.Br.CCOC(=O)c1cc(N)c(C(=O)OCC)cc1N. The summed E-state index contributed by atoms with van der Waals surface area (Å²) in [6.45, 7) is 3.84. The maximum atomic E-state index is 11.6. The molecule has 0 aliphatic rings. The molecule has 0 radical (unpaired) electrons. The van der Waals surface area contributed by atoms with Crippen molar-refractivity contribution in [2.45, 2.75) is 13.8 Å². The molecule has 0 bridgehead atoms. The van der Waals surface area contributed by atoms with Gasteiger partial charge in [0, 0.05) is 11.4 Å². The molecule has 1 aromatic carbocycles. The molecule has 4 N–H and O–H groups in total. The topological polar surface area (TPSA) is 105 Å². The van der Waals surface area contributed by atoms with Gasteiger partial charge in [-0.3, -0.25) is 0 Å². The summed E-state index contributed by atoms with van der Waals surface area (Å²) in [6.07, 6.45) is 0. The minimum atomic E-state index is -0.572. The lowest BCUT2D eigenvalue weighted by molar-refractivity contribution is 0.0513. The Morgan fingerprint density at radius 2 is 1.20 bits per heavy atom. The Bertz CT molecular complexity index is 437. The van der Waals surface area contributed by atoms with E-state index in [9.17, 15) is 9.59 Å². The summed E-state index contributed by atoms with van der Waals surface area (Å²) in [6, 6.07) is 2.64. The second kappa shape index (κ2) is 9.60. The van der Waals surface area contributed by atoms with Crippen LogP contribution in [0, 0.1) is 0 Å². The predicted octanol–water partition coefficient (Wildman–Crippen LogP) is 2.36. The van der Waals surface area contributed by atoms with Crippen LogP contribution in [0.25, 0.3) is 0 Å². The number of carbonyl (C=O) groups excluding carboxylic acids is 2. The Balaban J connectivity index is 0. The zero-order valence-electron chi connectivity index (χ0n) is 11.2. The lowest BCUT2D eigenvalue weighted by Crippen LogP contribution is -2.13. The number of halogens is 2. The van der Waals surface area contributed by atoms with Crippen LogP contribution in [0.2, 0.25) is 0 Å². The lowest BCUT2D eigenvalue weighted by Gasteiger charge is -2.10. The minimum Gasteiger partial charge on any atom is -0.462 e. The summed E-state index contributed by atoms with van der Waals surface area (Å²) < 4.78 is 9.64. The van der Waals surface area contributed by atoms with E-state index in [1.165, 1.54) is 12.1 Å². The molecule has 0 amide bonds. The van der Waals surface area contributed by atoms with Crippen LogP contribution in [0.4, 0.5) is 11.4 Å². The van der Waals surface area contributed by atoms with Gasteiger partial charge in [-0.25, -0.2) is 9.59 Å². The van der Waals surface area contributed by atoms with E-state index in [4.69, 9.17) is 20.9 Å². The molecule has 0 spiro atoms. The molecule has 1 aromatic rings. The summed E-state index contributed by atoms with van der Waals surface area (Å²) in [5, 5.41) is 0. The number of esters is 2. The van der Waals surface area contributed by atoms with Gasteiger partial charge in [-0.05, 0) is 26.0 Å². The molecule has 0 aliphatic carbocycles. The van der Waals surface area contributed by atoms with Gasteiger partial charge in [0.1, 0.15) is 0 Å². The molecule has 8 heteroatoms. The van der Waals surface area contributed by atoms with E-state index in [-0.39, 0.29) is 69.7 Å². The number of nitrogen functional groups attached to an aromatic ring is 2. The fourth-order valence-corrected chi connectivity index (χ4v) is 1.40. The molecule has 0 heterocycles. The average molecular weight is 414 g/mol. The van der Waals surface area contributed by atoms with Gasteiger partial charge in [-0.15, -0.1) is 34.0 Å². The van der Waals surface area contributed by atoms with Gasteiger partial charge in [-0.1, -0.05) is 0 Å². The molecule has 0 saturated heterocycles. The van der Waals surface area contributed by atoms with E-state index in [2.05, 4.69) is 0 Å². The summed E-state index contributed by atoms with van der Waals surface area (Å²) in [4.78, 5) is 23.1. The minimum absolute atomic E-state index is 0. The molecule has 0 unspecified atom stereocenters. The van der Waals surface area contributed by atoms with Crippen molar-refractivity contribution in [3.05, 3.63) is 23.3 Å². The number of carbonyl (C=O) groups is 2. The van der Waals surface area contributed by atoms with E-state index in [1.54, 1.807) is 13.8 Å². The van der Waals surface area contributed by atoms with Crippen molar-refractivity contribution >= 4 is 57.3 Å². The fourth-order valence-electron chi connectivity index (χ4n) is 1.40. The summed E-state index contributed by atoms with van der Waals surface area (Å²) >= 11 is 0. The first-order chi connectivity index (χ1) is 8.51. The highest BCUT2D eigenvalue weighted by molar-refractivity contribution is 8.93. The lowest BCUT2D eigenvalue weighted by atomic mass is 10.1. The predicted molar refractivity (Wildman–Crippen MR) is 87.8 cm³/mol. The van der Waals surface area contributed by atoms with Crippen LogP contribution in [-0.4, -0.2) is 25.2 Å². The van der Waals surface area contributed by atoms with E-state index < -0.39 is 11.9 Å². The fraction of sp³-hybridized carbons (Fsp3) is 0.333. The Morgan fingerprint density at radius 3 is 1.45 bits per heavy atom. The Kier molecular flexibility index (Phi) is 10.1. The van der Waals surface area contributed by atoms with Crippen molar-refractivity contribution in [2.75, 3.05) is 24.7 Å². The highest BCUT2D eigenvalue weighted by atomic mass is 79.9. The molecular formula is C12H18Br2N2O4. The van der Waals surface area contributed by atoms with Gasteiger partial charge in [0.25, 0.3) is 0 Å². The van der Waals surface area contributed by atoms with Gasteiger partial charge in [-0.2, -0.15) is 0 Å². The number of anilines is 2. The zero-order valence-corrected chi connectivity index (χ0v) is 14.6. The molecule has 20 heavy (non-hydrogen) atoms. The van der Waals surface area contributed by atoms with E-state index in [0.29, 0.717) is 0 Å².